The molecule has 1 saturated heterocycles. The SMILES string of the molecule is CCOc1ccc(C2C(=C(O)c3ccc(C)cc3)C(=O)C(=O)N2CCc2c[nH]c3ccccc23)cc1. The lowest BCUT2D eigenvalue weighted by atomic mass is 9.95. The van der Waals surface area contributed by atoms with Crippen LogP contribution in [0.4, 0.5) is 0 Å². The summed E-state index contributed by atoms with van der Waals surface area (Å²) < 4.78 is 5.57. The molecule has 1 unspecified atom stereocenters. The van der Waals surface area contributed by atoms with Crippen LogP contribution in [0, 0.1) is 6.92 Å². The molecule has 1 aromatic heterocycles. The minimum atomic E-state index is -0.702. The fourth-order valence-electron chi connectivity index (χ4n) is 4.82. The lowest BCUT2D eigenvalue weighted by molar-refractivity contribution is -0.139. The Kier molecular flexibility index (Phi) is 6.34. The molecule has 36 heavy (non-hydrogen) atoms. The molecule has 3 aromatic carbocycles. The molecule has 0 radical (unpaired) electrons. The van der Waals surface area contributed by atoms with Crippen LogP contribution in [-0.2, 0) is 16.0 Å². The normalized spacial score (nSPS) is 17.2. The van der Waals surface area contributed by atoms with Gasteiger partial charge in [-0.15, -0.1) is 0 Å². The van der Waals surface area contributed by atoms with Gasteiger partial charge < -0.3 is 19.7 Å². The quantitative estimate of drug-likeness (QED) is 0.207. The molecule has 6 heteroatoms. The van der Waals surface area contributed by atoms with E-state index in [0.717, 1.165) is 27.6 Å². The minimum absolute atomic E-state index is 0.104. The molecule has 2 N–H and O–H groups in total. The third kappa shape index (κ3) is 4.26. The maximum atomic E-state index is 13.3. The van der Waals surface area contributed by atoms with Gasteiger partial charge in [0.05, 0.1) is 18.2 Å². The first-order valence-corrected chi connectivity index (χ1v) is 12.1. The maximum Gasteiger partial charge on any atom is 0.295 e. The highest BCUT2D eigenvalue weighted by Gasteiger charge is 2.45. The number of rotatable bonds is 7. The van der Waals surface area contributed by atoms with E-state index in [2.05, 4.69) is 4.98 Å². The van der Waals surface area contributed by atoms with Crippen molar-refractivity contribution < 1.29 is 19.4 Å². The third-order valence-corrected chi connectivity index (χ3v) is 6.67. The monoisotopic (exact) mass is 480 g/mol. The summed E-state index contributed by atoms with van der Waals surface area (Å²) in [5.41, 5.74) is 4.48. The highest BCUT2D eigenvalue weighted by molar-refractivity contribution is 6.46. The fourth-order valence-corrected chi connectivity index (χ4v) is 4.82. The number of aromatic amines is 1. The van der Waals surface area contributed by atoms with Crippen molar-refractivity contribution in [2.45, 2.75) is 26.3 Å². The van der Waals surface area contributed by atoms with Gasteiger partial charge in [0.1, 0.15) is 11.5 Å². The van der Waals surface area contributed by atoms with Crippen LogP contribution in [0.25, 0.3) is 16.7 Å². The molecule has 1 amide bonds. The Balaban J connectivity index is 1.55. The summed E-state index contributed by atoms with van der Waals surface area (Å²) >= 11 is 0. The second kappa shape index (κ2) is 9.74. The van der Waals surface area contributed by atoms with Crippen molar-refractivity contribution in [3.05, 3.63) is 107 Å². The number of benzene rings is 3. The Bertz CT molecular complexity index is 1450. The number of H-pyrrole nitrogens is 1. The number of nitrogens with zero attached hydrogens (tertiary/aromatic N) is 1. The van der Waals surface area contributed by atoms with Crippen LogP contribution in [0.15, 0.2) is 84.6 Å². The Hall–Kier alpha value is -4.32. The predicted octanol–water partition coefficient (Wildman–Crippen LogP) is 5.54. The van der Waals surface area contributed by atoms with Gasteiger partial charge >= 0.3 is 0 Å². The molecule has 6 nitrogen and oxygen atoms in total. The summed E-state index contributed by atoms with van der Waals surface area (Å²) in [6, 6.07) is 21.9. The van der Waals surface area contributed by atoms with Crippen LogP contribution in [0.2, 0.25) is 0 Å². The van der Waals surface area contributed by atoms with E-state index in [4.69, 9.17) is 4.74 Å². The number of hydrogen-bond acceptors (Lipinski definition) is 4. The number of Topliss-reactive ketones (excluding diaryl/α,β-unsaturated/α-hetero) is 1. The molecule has 0 saturated carbocycles. The van der Waals surface area contributed by atoms with Crippen molar-refractivity contribution in [1.29, 1.82) is 0 Å². The molecule has 1 aliphatic heterocycles. The topological polar surface area (TPSA) is 82.6 Å². The number of ketones is 1. The molecule has 0 bridgehead atoms. The Morgan fingerprint density at radius 1 is 1.00 bits per heavy atom. The Morgan fingerprint density at radius 3 is 2.44 bits per heavy atom. The van der Waals surface area contributed by atoms with E-state index in [1.807, 2.05) is 80.7 Å². The van der Waals surface area contributed by atoms with E-state index in [0.29, 0.717) is 30.9 Å². The van der Waals surface area contributed by atoms with Crippen molar-refractivity contribution in [3.8, 4) is 5.75 Å². The molecule has 0 spiro atoms. The molecule has 5 rings (SSSR count). The molecule has 4 aromatic rings. The number of likely N-dealkylation sites (tertiary alicyclic amines) is 1. The lowest BCUT2D eigenvalue weighted by Crippen LogP contribution is -2.31. The Labute approximate surface area is 209 Å². The average Bonchev–Trinajstić information content (AvgIpc) is 3.42. The number of carbonyl (C=O) groups is 2. The van der Waals surface area contributed by atoms with Crippen molar-refractivity contribution in [2.24, 2.45) is 0 Å². The second-order valence-corrected chi connectivity index (χ2v) is 8.97. The van der Waals surface area contributed by atoms with Gasteiger partial charge in [-0.1, -0.05) is 60.2 Å². The zero-order valence-electron chi connectivity index (χ0n) is 20.3. The highest BCUT2D eigenvalue weighted by Crippen LogP contribution is 2.40. The van der Waals surface area contributed by atoms with E-state index in [1.165, 1.54) is 0 Å². The van der Waals surface area contributed by atoms with Gasteiger partial charge in [0, 0.05) is 29.2 Å². The number of aliphatic hydroxyl groups excluding tert-OH is 1. The summed E-state index contributed by atoms with van der Waals surface area (Å²) in [5.74, 6) is -0.745. The van der Waals surface area contributed by atoms with E-state index in [9.17, 15) is 14.7 Å². The first-order chi connectivity index (χ1) is 17.5. The van der Waals surface area contributed by atoms with Gasteiger partial charge in [0.25, 0.3) is 11.7 Å². The number of aliphatic hydroxyl groups is 1. The molecule has 1 fully saturated rings. The summed E-state index contributed by atoms with van der Waals surface area (Å²) in [6.45, 7) is 4.73. The second-order valence-electron chi connectivity index (χ2n) is 8.97. The molecule has 2 heterocycles. The molecule has 182 valence electrons. The molecular weight excluding hydrogens is 452 g/mol. The summed E-state index contributed by atoms with van der Waals surface area (Å²) in [4.78, 5) is 31.4. The number of amides is 1. The molecule has 1 aliphatic rings. The van der Waals surface area contributed by atoms with Crippen LogP contribution >= 0.6 is 0 Å². The van der Waals surface area contributed by atoms with Gasteiger partial charge in [0.15, 0.2) is 0 Å². The van der Waals surface area contributed by atoms with Gasteiger partial charge in [-0.05, 0) is 49.6 Å². The van der Waals surface area contributed by atoms with Gasteiger partial charge in [-0.25, -0.2) is 0 Å². The molecule has 0 aliphatic carbocycles. The lowest BCUT2D eigenvalue weighted by Gasteiger charge is -2.25. The smallest absolute Gasteiger partial charge is 0.295 e. The number of carbonyl (C=O) groups excluding carboxylic acids is 2. The fraction of sp³-hybridized carbons (Fsp3) is 0.200. The van der Waals surface area contributed by atoms with Crippen LogP contribution in [0.5, 0.6) is 5.75 Å². The molecule has 1 atom stereocenters. The number of para-hydroxylation sites is 1. The zero-order chi connectivity index (χ0) is 25.2. The van der Waals surface area contributed by atoms with Gasteiger partial charge in [0.2, 0.25) is 0 Å². The van der Waals surface area contributed by atoms with E-state index in [1.54, 1.807) is 17.0 Å². The average molecular weight is 481 g/mol. The summed E-state index contributed by atoms with van der Waals surface area (Å²) in [6.07, 6.45) is 2.51. The molecular formula is C30H28N2O4. The van der Waals surface area contributed by atoms with Gasteiger partial charge in [-0.2, -0.15) is 0 Å². The van der Waals surface area contributed by atoms with Crippen LogP contribution in [-0.4, -0.2) is 39.8 Å². The van der Waals surface area contributed by atoms with Crippen LogP contribution in [0.3, 0.4) is 0 Å². The van der Waals surface area contributed by atoms with Crippen molar-refractivity contribution >= 4 is 28.4 Å². The van der Waals surface area contributed by atoms with Crippen LogP contribution in [0.1, 0.15) is 35.2 Å². The minimum Gasteiger partial charge on any atom is -0.507 e. The summed E-state index contributed by atoms with van der Waals surface area (Å²) in [5, 5.41) is 12.3. The van der Waals surface area contributed by atoms with E-state index in [-0.39, 0.29) is 11.3 Å². The number of nitrogens with one attached hydrogen (secondary N) is 1. The highest BCUT2D eigenvalue weighted by atomic mass is 16.5. The third-order valence-electron chi connectivity index (χ3n) is 6.67. The number of hydrogen-bond donors (Lipinski definition) is 2. The van der Waals surface area contributed by atoms with Crippen LogP contribution < -0.4 is 4.74 Å². The number of aromatic nitrogens is 1. The van der Waals surface area contributed by atoms with Crippen molar-refractivity contribution in [3.63, 3.8) is 0 Å². The first-order valence-electron chi connectivity index (χ1n) is 12.1. The standard InChI is InChI=1S/C30H28N2O4/c1-3-36-23-14-12-20(13-15-23)27-26(28(33)21-10-8-19(2)9-11-21)29(34)30(35)32(27)17-16-22-18-31-25-7-5-4-6-24(22)25/h4-15,18,27,31,33H,3,16-17H2,1-2H3. The van der Waals surface area contributed by atoms with Crippen molar-refractivity contribution in [1.82, 2.24) is 9.88 Å². The summed E-state index contributed by atoms with van der Waals surface area (Å²) in [7, 11) is 0. The predicted molar refractivity (Wildman–Crippen MR) is 140 cm³/mol. The number of fused-ring (bicyclic) bond motifs is 1. The largest absolute Gasteiger partial charge is 0.507 e. The van der Waals surface area contributed by atoms with E-state index >= 15 is 0 Å². The zero-order valence-corrected chi connectivity index (χ0v) is 20.3. The Morgan fingerprint density at radius 2 is 1.72 bits per heavy atom. The number of aryl methyl sites for hydroxylation is 1. The van der Waals surface area contributed by atoms with E-state index < -0.39 is 17.7 Å². The first kappa shape index (κ1) is 23.4. The maximum absolute atomic E-state index is 13.3. The van der Waals surface area contributed by atoms with Crippen molar-refractivity contribution in [2.75, 3.05) is 13.2 Å². The number of ether oxygens (including phenoxy) is 1. The van der Waals surface area contributed by atoms with Gasteiger partial charge in [-0.3, -0.25) is 9.59 Å².